The fourth-order valence-electron chi connectivity index (χ4n) is 2.39. The van der Waals surface area contributed by atoms with Gasteiger partial charge in [0.2, 0.25) is 5.91 Å². The minimum atomic E-state index is -0.0284. The molecule has 0 aromatic rings. The quantitative estimate of drug-likeness (QED) is 0.769. The number of hydrogen-bond donors (Lipinski definition) is 2. The lowest BCUT2D eigenvalue weighted by atomic mass is 9.86. The number of nitrogens with one attached hydrogen (secondary N) is 1. The van der Waals surface area contributed by atoms with Crippen LogP contribution in [-0.2, 0) is 4.79 Å². The van der Waals surface area contributed by atoms with Crippen molar-refractivity contribution in [3.63, 3.8) is 0 Å². The summed E-state index contributed by atoms with van der Waals surface area (Å²) in [7, 11) is 0. The number of carbonyl (C=O) groups excluding carboxylic acids is 1. The lowest BCUT2D eigenvalue weighted by Crippen LogP contribution is -2.44. The Bertz CT molecular complexity index is 220. The van der Waals surface area contributed by atoms with Crippen LogP contribution in [-0.4, -0.2) is 18.5 Å². The fraction of sp³-hybridized carbons (Fsp3) is 0.923. The first-order valence-electron chi connectivity index (χ1n) is 6.55. The molecule has 0 spiro atoms. The van der Waals surface area contributed by atoms with Crippen LogP contribution in [0.4, 0.5) is 0 Å². The Hall–Kier alpha value is -0.570. The van der Waals surface area contributed by atoms with E-state index in [9.17, 15) is 4.79 Å². The second-order valence-electron chi connectivity index (χ2n) is 5.55. The van der Waals surface area contributed by atoms with Crippen LogP contribution in [0.25, 0.3) is 0 Å². The highest BCUT2D eigenvalue weighted by atomic mass is 16.2. The maximum absolute atomic E-state index is 12.0. The van der Waals surface area contributed by atoms with E-state index in [1.54, 1.807) is 0 Å². The summed E-state index contributed by atoms with van der Waals surface area (Å²) in [6.07, 6.45) is 4.73. The summed E-state index contributed by atoms with van der Waals surface area (Å²) >= 11 is 0. The predicted octanol–water partition coefficient (Wildman–Crippen LogP) is 1.91. The van der Waals surface area contributed by atoms with E-state index in [0.29, 0.717) is 18.5 Å². The van der Waals surface area contributed by atoms with Crippen LogP contribution in [0.5, 0.6) is 0 Å². The smallest absolute Gasteiger partial charge is 0.224 e. The van der Waals surface area contributed by atoms with Gasteiger partial charge < -0.3 is 11.1 Å². The van der Waals surface area contributed by atoms with Crippen LogP contribution in [0.2, 0.25) is 0 Å². The molecule has 3 heteroatoms. The summed E-state index contributed by atoms with van der Waals surface area (Å²) in [5, 5.41) is 3.15. The minimum absolute atomic E-state index is 0.0284. The number of rotatable bonds is 4. The van der Waals surface area contributed by atoms with E-state index in [4.69, 9.17) is 5.73 Å². The molecule has 0 saturated heterocycles. The molecule has 0 bridgehead atoms. The Balaban J connectivity index is 2.38. The van der Waals surface area contributed by atoms with Gasteiger partial charge in [-0.3, -0.25) is 4.79 Å². The number of amides is 1. The average Bonchev–Trinajstić information content (AvgIpc) is 2.22. The van der Waals surface area contributed by atoms with Gasteiger partial charge in [-0.05, 0) is 37.5 Å². The first-order chi connectivity index (χ1) is 7.54. The van der Waals surface area contributed by atoms with Crippen molar-refractivity contribution in [3.05, 3.63) is 0 Å². The van der Waals surface area contributed by atoms with Crippen LogP contribution in [0, 0.1) is 17.8 Å². The van der Waals surface area contributed by atoms with E-state index in [1.807, 2.05) is 0 Å². The normalized spacial score (nSPS) is 27.8. The van der Waals surface area contributed by atoms with E-state index in [2.05, 4.69) is 26.1 Å². The molecule has 3 nitrogen and oxygen atoms in total. The molecule has 1 rings (SSSR count). The molecule has 0 aromatic heterocycles. The predicted molar refractivity (Wildman–Crippen MR) is 66.9 cm³/mol. The lowest BCUT2D eigenvalue weighted by molar-refractivity contribution is -0.126. The minimum Gasteiger partial charge on any atom is -0.353 e. The molecule has 0 heterocycles. The standard InChI is InChI=1S/C13H26N2O/c1-9(2)12(8-14)13(16)15-11-6-4-10(3)5-7-11/h9-12H,4-8,14H2,1-3H3,(H,15,16). The molecule has 1 aliphatic carbocycles. The Morgan fingerprint density at radius 2 is 1.88 bits per heavy atom. The Morgan fingerprint density at radius 3 is 2.31 bits per heavy atom. The van der Waals surface area contributed by atoms with Gasteiger partial charge in [0.25, 0.3) is 0 Å². The van der Waals surface area contributed by atoms with Crippen molar-refractivity contribution in [2.45, 2.75) is 52.5 Å². The Labute approximate surface area is 99.2 Å². The van der Waals surface area contributed by atoms with Gasteiger partial charge in [0.1, 0.15) is 0 Å². The zero-order chi connectivity index (χ0) is 12.1. The van der Waals surface area contributed by atoms with Gasteiger partial charge in [-0.2, -0.15) is 0 Å². The van der Waals surface area contributed by atoms with Gasteiger partial charge in [-0.1, -0.05) is 20.8 Å². The zero-order valence-corrected chi connectivity index (χ0v) is 10.8. The van der Waals surface area contributed by atoms with E-state index in [-0.39, 0.29) is 11.8 Å². The summed E-state index contributed by atoms with van der Waals surface area (Å²) < 4.78 is 0. The maximum Gasteiger partial charge on any atom is 0.224 e. The SMILES string of the molecule is CC1CCC(NC(=O)C(CN)C(C)C)CC1. The van der Waals surface area contributed by atoms with E-state index in [1.165, 1.54) is 12.8 Å². The first-order valence-corrected chi connectivity index (χ1v) is 6.55. The van der Waals surface area contributed by atoms with E-state index < -0.39 is 0 Å². The molecule has 0 aromatic carbocycles. The molecular formula is C13H26N2O. The molecule has 1 fully saturated rings. The average molecular weight is 226 g/mol. The van der Waals surface area contributed by atoms with Crippen molar-refractivity contribution >= 4 is 5.91 Å². The largest absolute Gasteiger partial charge is 0.353 e. The summed E-state index contributed by atoms with van der Waals surface area (Å²) in [5.41, 5.74) is 5.64. The van der Waals surface area contributed by atoms with Crippen LogP contribution in [0.1, 0.15) is 46.5 Å². The van der Waals surface area contributed by atoms with Crippen molar-refractivity contribution in [1.29, 1.82) is 0 Å². The highest BCUT2D eigenvalue weighted by Gasteiger charge is 2.25. The molecule has 1 atom stereocenters. The Morgan fingerprint density at radius 1 is 1.31 bits per heavy atom. The second-order valence-corrected chi connectivity index (χ2v) is 5.55. The van der Waals surface area contributed by atoms with Gasteiger partial charge in [0.05, 0.1) is 5.92 Å². The fourth-order valence-corrected chi connectivity index (χ4v) is 2.39. The molecule has 1 unspecified atom stereocenters. The third-order valence-electron chi connectivity index (χ3n) is 3.76. The lowest BCUT2D eigenvalue weighted by Gasteiger charge is -2.29. The molecule has 0 aliphatic heterocycles. The molecule has 1 amide bonds. The second kappa shape index (κ2) is 6.24. The summed E-state index contributed by atoms with van der Waals surface area (Å²) in [6.45, 7) is 6.85. The number of hydrogen-bond acceptors (Lipinski definition) is 2. The molecule has 0 radical (unpaired) electrons. The number of nitrogens with two attached hydrogens (primary N) is 1. The third-order valence-corrected chi connectivity index (χ3v) is 3.76. The molecule has 1 saturated carbocycles. The monoisotopic (exact) mass is 226 g/mol. The zero-order valence-electron chi connectivity index (χ0n) is 10.8. The van der Waals surface area contributed by atoms with Gasteiger partial charge in [0, 0.05) is 12.6 Å². The first kappa shape index (κ1) is 13.5. The highest BCUT2D eigenvalue weighted by molar-refractivity contribution is 5.79. The molecule has 1 aliphatic rings. The molecule has 16 heavy (non-hydrogen) atoms. The van der Waals surface area contributed by atoms with Gasteiger partial charge in [0.15, 0.2) is 0 Å². The van der Waals surface area contributed by atoms with Crippen molar-refractivity contribution in [2.75, 3.05) is 6.54 Å². The van der Waals surface area contributed by atoms with Crippen LogP contribution in [0.15, 0.2) is 0 Å². The maximum atomic E-state index is 12.0. The van der Waals surface area contributed by atoms with E-state index in [0.717, 1.165) is 18.8 Å². The topological polar surface area (TPSA) is 55.1 Å². The summed E-state index contributed by atoms with van der Waals surface area (Å²) in [5.74, 6) is 1.27. The number of carbonyl (C=O) groups is 1. The van der Waals surface area contributed by atoms with Crippen molar-refractivity contribution in [1.82, 2.24) is 5.32 Å². The van der Waals surface area contributed by atoms with Crippen LogP contribution in [0.3, 0.4) is 0 Å². The van der Waals surface area contributed by atoms with Crippen molar-refractivity contribution in [2.24, 2.45) is 23.5 Å². The van der Waals surface area contributed by atoms with Gasteiger partial charge in [-0.25, -0.2) is 0 Å². The van der Waals surface area contributed by atoms with Crippen LogP contribution < -0.4 is 11.1 Å². The summed E-state index contributed by atoms with van der Waals surface area (Å²) in [4.78, 5) is 12.0. The Kier molecular flexibility index (Phi) is 5.26. The van der Waals surface area contributed by atoms with Gasteiger partial charge >= 0.3 is 0 Å². The third kappa shape index (κ3) is 3.78. The highest BCUT2D eigenvalue weighted by Crippen LogP contribution is 2.23. The van der Waals surface area contributed by atoms with Gasteiger partial charge in [-0.15, -0.1) is 0 Å². The van der Waals surface area contributed by atoms with Crippen LogP contribution >= 0.6 is 0 Å². The molecule has 94 valence electrons. The van der Waals surface area contributed by atoms with Crippen molar-refractivity contribution < 1.29 is 4.79 Å². The van der Waals surface area contributed by atoms with E-state index >= 15 is 0 Å². The van der Waals surface area contributed by atoms with Crippen molar-refractivity contribution in [3.8, 4) is 0 Å². The molecular weight excluding hydrogens is 200 g/mol. The summed E-state index contributed by atoms with van der Waals surface area (Å²) in [6, 6.07) is 0.386. The molecule has 3 N–H and O–H groups in total.